The Labute approximate surface area is 260 Å². The van der Waals surface area contributed by atoms with Gasteiger partial charge in [0.1, 0.15) is 17.1 Å². The number of esters is 1. The molecule has 0 radical (unpaired) electrons. The number of ether oxygens (including phenoxy) is 1. The molecule has 1 amide bonds. The van der Waals surface area contributed by atoms with Gasteiger partial charge in [-0.05, 0) is 81.3 Å². The van der Waals surface area contributed by atoms with E-state index in [-0.39, 0.29) is 30.4 Å². The molecule has 3 aromatic rings. The Bertz CT molecular complexity index is 1500. The normalized spacial score (nSPS) is 16.8. The molecule has 3 N–H and O–H groups in total. The van der Waals surface area contributed by atoms with Crippen molar-refractivity contribution >= 4 is 40.5 Å². The molecule has 44 heavy (non-hydrogen) atoms. The van der Waals surface area contributed by atoms with Gasteiger partial charge in [0, 0.05) is 23.6 Å². The summed E-state index contributed by atoms with van der Waals surface area (Å²) in [6, 6.07) is 13.5. The van der Waals surface area contributed by atoms with E-state index in [0.717, 1.165) is 44.2 Å². The summed E-state index contributed by atoms with van der Waals surface area (Å²) in [7, 11) is 0. The molecule has 234 valence electrons. The van der Waals surface area contributed by atoms with Crippen LogP contribution in [-0.4, -0.2) is 17.5 Å². The van der Waals surface area contributed by atoms with Crippen LogP contribution in [0.4, 0.5) is 30.2 Å². The molecule has 3 aromatic carbocycles. The molecule has 0 saturated heterocycles. The predicted octanol–water partition coefficient (Wildman–Crippen LogP) is 8.56. The SMILES string of the molecule is CC(C)(C)OC(=O)CCc1ccc(NC(=O)C(C2CCCCC2)C2(c3ccc(Cl)cc3)Nc3cc(F)c(F)cc3N2)c(F)c1. The molecule has 10 heteroatoms. The summed E-state index contributed by atoms with van der Waals surface area (Å²) in [6.45, 7) is 5.35. The summed E-state index contributed by atoms with van der Waals surface area (Å²) in [5.41, 5.74) is -0.0597. The van der Waals surface area contributed by atoms with Crippen molar-refractivity contribution in [1.29, 1.82) is 0 Å². The Morgan fingerprint density at radius 1 is 0.932 bits per heavy atom. The predicted molar refractivity (Wildman–Crippen MR) is 166 cm³/mol. The molecule has 1 aliphatic carbocycles. The van der Waals surface area contributed by atoms with Crippen LogP contribution in [0.1, 0.15) is 70.4 Å². The standard InChI is InChI=1S/C34H37ClF3N3O3/c1-33(2,3)44-30(42)16-10-20-9-15-27(26(38)17-20)39-32(43)31(21-7-5-4-6-8-21)34(22-11-13-23(35)14-12-22)40-28-18-24(36)25(37)19-29(28)41-34/h9,11-15,17-19,21,31,40-41H,4-8,10,16H2,1-3H3,(H,39,43). The second-order valence-electron chi connectivity index (χ2n) is 12.6. The lowest BCUT2D eigenvalue weighted by atomic mass is 9.71. The number of nitrogens with one attached hydrogen (secondary N) is 3. The number of hydrogen-bond acceptors (Lipinski definition) is 5. The molecule has 1 saturated carbocycles. The van der Waals surface area contributed by atoms with Crippen molar-refractivity contribution in [2.45, 2.75) is 77.0 Å². The Morgan fingerprint density at radius 3 is 2.11 bits per heavy atom. The first-order valence-electron chi connectivity index (χ1n) is 15.0. The number of fused-ring (bicyclic) bond motifs is 1. The van der Waals surface area contributed by atoms with Crippen molar-refractivity contribution in [2.24, 2.45) is 11.8 Å². The van der Waals surface area contributed by atoms with E-state index >= 15 is 4.39 Å². The smallest absolute Gasteiger partial charge is 0.306 e. The Balaban J connectivity index is 1.46. The molecular formula is C34H37ClF3N3O3. The van der Waals surface area contributed by atoms with Gasteiger partial charge in [0.25, 0.3) is 0 Å². The number of aryl methyl sites for hydroxylation is 1. The minimum absolute atomic E-state index is 0.00400. The first-order chi connectivity index (χ1) is 20.8. The summed E-state index contributed by atoms with van der Waals surface area (Å²) < 4.78 is 49.4. The van der Waals surface area contributed by atoms with Crippen LogP contribution >= 0.6 is 11.6 Å². The molecule has 1 aliphatic heterocycles. The topological polar surface area (TPSA) is 79.5 Å². The van der Waals surface area contributed by atoms with Crippen molar-refractivity contribution in [3.8, 4) is 0 Å². The molecule has 1 fully saturated rings. The summed E-state index contributed by atoms with van der Waals surface area (Å²) in [6.07, 6.45) is 4.75. The van der Waals surface area contributed by atoms with Crippen molar-refractivity contribution in [2.75, 3.05) is 16.0 Å². The summed E-state index contributed by atoms with van der Waals surface area (Å²) in [4.78, 5) is 26.5. The average molecular weight is 628 g/mol. The molecule has 1 atom stereocenters. The third-order valence-corrected chi connectivity index (χ3v) is 8.48. The zero-order valence-electron chi connectivity index (χ0n) is 25.0. The zero-order chi connectivity index (χ0) is 31.6. The first kappa shape index (κ1) is 31.7. The Kier molecular flexibility index (Phi) is 9.16. The van der Waals surface area contributed by atoms with Gasteiger partial charge in [0.05, 0.1) is 23.0 Å². The van der Waals surface area contributed by atoms with E-state index in [0.29, 0.717) is 27.5 Å². The fraction of sp³-hybridized carbons (Fsp3) is 0.412. The van der Waals surface area contributed by atoms with E-state index in [4.69, 9.17) is 16.3 Å². The lowest BCUT2D eigenvalue weighted by Crippen LogP contribution is -2.54. The summed E-state index contributed by atoms with van der Waals surface area (Å²) in [5.74, 6) is -4.43. The fourth-order valence-corrected chi connectivity index (χ4v) is 6.42. The van der Waals surface area contributed by atoms with Gasteiger partial charge in [-0.15, -0.1) is 0 Å². The lowest BCUT2D eigenvalue weighted by molar-refractivity contribution is -0.154. The average Bonchev–Trinajstić information content (AvgIpc) is 3.32. The van der Waals surface area contributed by atoms with Crippen molar-refractivity contribution < 1.29 is 27.5 Å². The maximum atomic E-state index is 15.4. The highest BCUT2D eigenvalue weighted by atomic mass is 35.5. The highest BCUT2D eigenvalue weighted by Gasteiger charge is 2.52. The fourth-order valence-electron chi connectivity index (χ4n) is 6.30. The van der Waals surface area contributed by atoms with Crippen LogP contribution in [0.15, 0.2) is 54.6 Å². The maximum absolute atomic E-state index is 15.4. The maximum Gasteiger partial charge on any atom is 0.306 e. The lowest BCUT2D eigenvalue weighted by Gasteiger charge is -2.43. The van der Waals surface area contributed by atoms with E-state index in [1.54, 1.807) is 51.1 Å². The van der Waals surface area contributed by atoms with Crippen molar-refractivity contribution in [3.05, 3.63) is 88.2 Å². The van der Waals surface area contributed by atoms with Gasteiger partial charge >= 0.3 is 5.97 Å². The van der Waals surface area contributed by atoms with Gasteiger partial charge < -0.3 is 20.7 Å². The van der Waals surface area contributed by atoms with E-state index in [9.17, 15) is 18.4 Å². The van der Waals surface area contributed by atoms with Gasteiger partial charge in [-0.3, -0.25) is 9.59 Å². The summed E-state index contributed by atoms with van der Waals surface area (Å²) >= 11 is 6.20. The number of anilines is 3. The summed E-state index contributed by atoms with van der Waals surface area (Å²) in [5, 5.41) is 9.94. The number of carbonyl (C=O) groups excluding carboxylic acids is 2. The van der Waals surface area contributed by atoms with Crippen LogP contribution < -0.4 is 16.0 Å². The molecule has 0 bridgehead atoms. The van der Waals surface area contributed by atoms with Crippen LogP contribution in [0.2, 0.25) is 5.02 Å². The van der Waals surface area contributed by atoms with Gasteiger partial charge in [-0.25, -0.2) is 13.2 Å². The third kappa shape index (κ3) is 6.98. The molecule has 1 heterocycles. The first-order valence-corrected chi connectivity index (χ1v) is 15.3. The number of carbonyl (C=O) groups is 2. The number of rotatable bonds is 8. The molecule has 0 spiro atoms. The Morgan fingerprint density at radius 2 is 1.55 bits per heavy atom. The van der Waals surface area contributed by atoms with E-state index < -0.39 is 40.5 Å². The van der Waals surface area contributed by atoms with Crippen LogP contribution in [0.25, 0.3) is 0 Å². The van der Waals surface area contributed by atoms with Gasteiger partial charge in [-0.1, -0.05) is 49.1 Å². The van der Waals surface area contributed by atoms with Crippen LogP contribution in [0, 0.1) is 29.3 Å². The highest BCUT2D eigenvalue weighted by molar-refractivity contribution is 6.30. The van der Waals surface area contributed by atoms with Gasteiger partial charge in [-0.2, -0.15) is 0 Å². The molecule has 1 unspecified atom stereocenters. The van der Waals surface area contributed by atoms with Crippen LogP contribution in [0.5, 0.6) is 0 Å². The van der Waals surface area contributed by atoms with Crippen LogP contribution in [-0.2, 0) is 26.4 Å². The van der Waals surface area contributed by atoms with E-state index in [1.165, 1.54) is 12.1 Å². The molecule has 5 rings (SSSR count). The number of hydrogen-bond donors (Lipinski definition) is 3. The van der Waals surface area contributed by atoms with E-state index in [2.05, 4.69) is 16.0 Å². The zero-order valence-corrected chi connectivity index (χ0v) is 25.8. The monoisotopic (exact) mass is 627 g/mol. The number of amides is 1. The quantitative estimate of drug-likeness (QED) is 0.218. The van der Waals surface area contributed by atoms with Gasteiger partial charge in [0.15, 0.2) is 11.6 Å². The van der Waals surface area contributed by atoms with Crippen molar-refractivity contribution in [3.63, 3.8) is 0 Å². The second kappa shape index (κ2) is 12.7. The van der Waals surface area contributed by atoms with E-state index in [1.807, 2.05) is 0 Å². The molecule has 0 aromatic heterocycles. The number of halogens is 4. The highest BCUT2D eigenvalue weighted by Crippen LogP contribution is 2.49. The number of benzene rings is 3. The Hall–Kier alpha value is -3.72. The van der Waals surface area contributed by atoms with Crippen LogP contribution in [0.3, 0.4) is 0 Å². The minimum Gasteiger partial charge on any atom is -0.460 e. The van der Waals surface area contributed by atoms with Gasteiger partial charge in [0.2, 0.25) is 5.91 Å². The minimum atomic E-state index is -1.30. The largest absolute Gasteiger partial charge is 0.460 e. The second-order valence-corrected chi connectivity index (χ2v) is 13.1. The third-order valence-electron chi connectivity index (χ3n) is 8.22. The molecule has 6 nitrogen and oxygen atoms in total. The molecule has 2 aliphatic rings. The molecular weight excluding hydrogens is 591 g/mol. The van der Waals surface area contributed by atoms with Crippen molar-refractivity contribution in [1.82, 2.24) is 0 Å².